The van der Waals surface area contributed by atoms with E-state index in [1.807, 2.05) is 31.3 Å². The van der Waals surface area contributed by atoms with Crippen LogP contribution in [0, 0.1) is 5.41 Å². The molecule has 2 heterocycles. The van der Waals surface area contributed by atoms with E-state index in [-0.39, 0.29) is 24.0 Å². The standard InChI is InChI=1S/C18H27N3O3.HI/c1-19-17(21-9-6-18(13-21)7-10-23-14-18)20-8-11-24-16-5-3-4-15(12-16)22-2;/h3-5,12H,6-11,13-14H2,1-2H3,(H,19,20);1H. The summed E-state index contributed by atoms with van der Waals surface area (Å²) in [4.78, 5) is 6.75. The van der Waals surface area contributed by atoms with Crippen molar-refractivity contribution in [3.63, 3.8) is 0 Å². The van der Waals surface area contributed by atoms with E-state index < -0.39 is 0 Å². The summed E-state index contributed by atoms with van der Waals surface area (Å²) in [5, 5.41) is 3.40. The Hall–Kier alpha value is -1.22. The van der Waals surface area contributed by atoms with Gasteiger partial charge in [0.05, 0.1) is 20.3 Å². The second-order valence-corrected chi connectivity index (χ2v) is 6.48. The monoisotopic (exact) mass is 461 g/mol. The van der Waals surface area contributed by atoms with E-state index in [1.165, 1.54) is 12.8 Å². The van der Waals surface area contributed by atoms with Gasteiger partial charge in [0.15, 0.2) is 5.96 Å². The lowest BCUT2D eigenvalue weighted by Gasteiger charge is -2.24. The summed E-state index contributed by atoms with van der Waals surface area (Å²) < 4.78 is 16.6. The summed E-state index contributed by atoms with van der Waals surface area (Å²) in [7, 11) is 3.49. The molecule has 1 aromatic rings. The van der Waals surface area contributed by atoms with Crippen LogP contribution in [-0.4, -0.2) is 64.5 Å². The van der Waals surface area contributed by atoms with Gasteiger partial charge in [0, 0.05) is 38.2 Å². The zero-order valence-electron chi connectivity index (χ0n) is 15.0. The highest BCUT2D eigenvalue weighted by Gasteiger charge is 2.42. The van der Waals surface area contributed by atoms with Crippen LogP contribution < -0.4 is 14.8 Å². The first-order valence-electron chi connectivity index (χ1n) is 8.55. The number of likely N-dealkylation sites (tertiary alicyclic amines) is 1. The molecule has 25 heavy (non-hydrogen) atoms. The summed E-state index contributed by atoms with van der Waals surface area (Å²) in [5.74, 6) is 2.57. The lowest BCUT2D eigenvalue weighted by molar-refractivity contribution is 0.156. The van der Waals surface area contributed by atoms with Crippen molar-refractivity contribution >= 4 is 29.9 Å². The van der Waals surface area contributed by atoms with E-state index in [2.05, 4.69) is 15.2 Å². The molecule has 2 aliphatic heterocycles. The van der Waals surface area contributed by atoms with Gasteiger partial charge in [-0.3, -0.25) is 4.99 Å². The van der Waals surface area contributed by atoms with Gasteiger partial charge in [-0.2, -0.15) is 0 Å². The van der Waals surface area contributed by atoms with Gasteiger partial charge >= 0.3 is 0 Å². The molecule has 0 aliphatic carbocycles. The van der Waals surface area contributed by atoms with Gasteiger partial charge in [-0.05, 0) is 25.0 Å². The van der Waals surface area contributed by atoms with Gasteiger partial charge < -0.3 is 24.4 Å². The molecule has 0 aromatic heterocycles. The van der Waals surface area contributed by atoms with Crippen molar-refractivity contribution in [2.45, 2.75) is 12.8 Å². The smallest absolute Gasteiger partial charge is 0.193 e. The van der Waals surface area contributed by atoms with Gasteiger partial charge in [0.2, 0.25) is 0 Å². The Balaban J connectivity index is 0.00000225. The minimum absolute atomic E-state index is 0. The minimum atomic E-state index is 0. The van der Waals surface area contributed by atoms with E-state index in [9.17, 15) is 0 Å². The maximum absolute atomic E-state index is 5.76. The van der Waals surface area contributed by atoms with E-state index in [1.54, 1.807) is 7.11 Å². The number of hydrogen-bond donors (Lipinski definition) is 1. The largest absolute Gasteiger partial charge is 0.497 e. The number of methoxy groups -OCH3 is 1. The zero-order chi connectivity index (χ0) is 16.8. The van der Waals surface area contributed by atoms with E-state index in [0.29, 0.717) is 18.6 Å². The predicted molar refractivity (Wildman–Crippen MR) is 109 cm³/mol. The maximum Gasteiger partial charge on any atom is 0.193 e. The van der Waals surface area contributed by atoms with Crippen LogP contribution in [-0.2, 0) is 4.74 Å². The summed E-state index contributed by atoms with van der Waals surface area (Å²) >= 11 is 0. The second kappa shape index (κ2) is 9.47. The van der Waals surface area contributed by atoms with Crippen LogP contribution in [0.4, 0.5) is 0 Å². The van der Waals surface area contributed by atoms with Gasteiger partial charge in [-0.25, -0.2) is 0 Å². The minimum Gasteiger partial charge on any atom is -0.497 e. The highest BCUT2D eigenvalue weighted by molar-refractivity contribution is 14.0. The van der Waals surface area contributed by atoms with Crippen LogP contribution in [0.2, 0.25) is 0 Å². The third kappa shape index (κ3) is 5.13. The normalized spacial score (nSPS) is 22.8. The number of aliphatic imine (C=N–C) groups is 1. The molecule has 1 atom stereocenters. The SMILES string of the molecule is CN=C(NCCOc1cccc(OC)c1)N1CCC2(CCOC2)C1.I. The van der Waals surface area contributed by atoms with Crippen molar-refractivity contribution in [2.24, 2.45) is 10.4 Å². The third-order valence-corrected chi connectivity index (χ3v) is 4.83. The first kappa shape index (κ1) is 20.1. The van der Waals surface area contributed by atoms with Gasteiger partial charge in [-0.15, -0.1) is 24.0 Å². The van der Waals surface area contributed by atoms with E-state index >= 15 is 0 Å². The van der Waals surface area contributed by atoms with Crippen LogP contribution in [0.1, 0.15) is 12.8 Å². The molecule has 0 saturated carbocycles. The first-order valence-corrected chi connectivity index (χ1v) is 8.55. The fraction of sp³-hybridized carbons (Fsp3) is 0.611. The van der Waals surface area contributed by atoms with Crippen LogP contribution in [0.5, 0.6) is 11.5 Å². The molecule has 0 bridgehead atoms. The topological polar surface area (TPSA) is 55.3 Å². The fourth-order valence-corrected chi connectivity index (χ4v) is 3.44. The van der Waals surface area contributed by atoms with E-state index in [4.69, 9.17) is 14.2 Å². The van der Waals surface area contributed by atoms with Crippen molar-refractivity contribution in [3.05, 3.63) is 24.3 Å². The van der Waals surface area contributed by atoms with E-state index in [0.717, 1.165) is 43.8 Å². The van der Waals surface area contributed by atoms with Gasteiger partial charge in [-0.1, -0.05) is 6.07 Å². The number of hydrogen-bond acceptors (Lipinski definition) is 4. The molecule has 2 aliphatic rings. The fourth-order valence-electron chi connectivity index (χ4n) is 3.44. The Morgan fingerprint density at radius 2 is 2.20 bits per heavy atom. The first-order chi connectivity index (χ1) is 11.7. The highest BCUT2D eigenvalue weighted by Crippen LogP contribution is 2.38. The molecule has 0 amide bonds. The average Bonchev–Trinajstić information content (AvgIpc) is 3.25. The lowest BCUT2D eigenvalue weighted by atomic mass is 9.87. The summed E-state index contributed by atoms with van der Waals surface area (Å²) in [6.07, 6.45) is 2.35. The molecular weight excluding hydrogens is 433 g/mol. The lowest BCUT2D eigenvalue weighted by Crippen LogP contribution is -2.42. The molecular formula is C18H28IN3O3. The van der Waals surface area contributed by atoms with Crippen molar-refractivity contribution < 1.29 is 14.2 Å². The Morgan fingerprint density at radius 1 is 1.36 bits per heavy atom. The summed E-state index contributed by atoms with van der Waals surface area (Å²) in [6, 6.07) is 7.65. The molecule has 3 rings (SSSR count). The number of benzene rings is 1. The highest BCUT2D eigenvalue weighted by atomic mass is 127. The molecule has 2 saturated heterocycles. The Labute approximate surface area is 166 Å². The van der Waals surface area contributed by atoms with Gasteiger partial charge in [0.1, 0.15) is 18.1 Å². The van der Waals surface area contributed by atoms with Crippen molar-refractivity contribution in [1.29, 1.82) is 0 Å². The number of nitrogens with zero attached hydrogens (tertiary/aromatic N) is 2. The van der Waals surface area contributed by atoms with Crippen molar-refractivity contribution in [1.82, 2.24) is 10.2 Å². The van der Waals surface area contributed by atoms with Crippen LogP contribution in [0.25, 0.3) is 0 Å². The maximum atomic E-state index is 5.76. The number of ether oxygens (including phenoxy) is 3. The third-order valence-electron chi connectivity index (χ3n) is 4.83. The quantitative estimate of drug-likeness (QED) is 0.316. The second-order valence-electron chi connectivity index (χ2n) is 6.48. The number of guanidine groups is 1. The average molecular weight is 461 g/mol. The molecule has 140 valence electrons. The van der Waals surface area contributed by atoms with Crippen molar-refractivity contribution in [2.75, 3.05) is 53.6 Å². The molecule has 1 aromatic carbocycles. The molecule has 7 heteroatoms. The zero-order valence-corrected chi connectivity index (χ0v) is 17.3. The molecule has 6 nitrogen and oxygen atoms in total. The summed E-state index contributed by atoms with van der Waals surface area (Å²) in [6.45, 7) is 5.15. The van der Waals surface area contributed by atoms with Gasteiger partial charge in [0.25, 0.3) is 0 Å². The molecule has 2 fully saturated rings. The Morgan fingerprint density at radius 3 is 2.92 bits per heavy atom. The molecule has 0 radical (unpaired) electrons. The summed E-state index contributed by atoms with van der Waals surface area (Å²) in [5.41, 5.74) is 0.342. The number of rotatable bonds is 5. The number of halogens is 1. The van der Waals surface area contributed by atoms with Crippen LogP contribution >= 0.6 is 24.0 Å². The van der Waals surface area contributed by atoms with Crippen LogP contribution in [0.3, 0.4) is 0 Å². The van der Waals surface area contributed by atoms with Crippen LogP contribution in [0.15, 0.2) is 29.3 Å². The van der Waals surface area contributed by atoms with Crippen molar-refractivity contribution in [3.8, 4) is 11.5 Å². The number of nitrogens with one attached hydrogen (secondary N) is 1. The molecule has 1 spiro atoms. The Kier molecular flexibility index (Phi) is 7.61. The predicted octanol–water partition coefficient (Wildman–Crippen LogP) is 2.38. The molecule has 1 unspecified atom stereocenters. The Bertz CT molecular complexity index is 576. The molecule has 1 N–H and O–H groups in total.